The number of ether oxygens (including phenoxy) is 2. The molecule has 9 heteroatoms. The summed E-state index contributed by atoms with van der Waals surface area (Å²) in [7, 11) is 1.62. The van der Waals surface area contributed by atoms with E-state index < -0.39 is 0 Å². The molecule has 7 nitrogen and oxygen atoms in total. The van der Waals surface area contributed by atoms with E-state index in [2.05, 4.69) is 31.4 Å². The molecular weight excluding hydrogens is 516 g/mol. The monoisotopic (exact) mass is 538 g/mol. The Morgan fingerprint density at radius 3 is 2.50 bits per heavy atom. The maximum atomic E-state index is 12.6. The Hall–Kier alpha value is -3.30. The number of amides is 1. The molecule has 1 aromatic heterocycles. The Morgan fingerprint density at radius 2 is 1.79 bits per heavy atom. The van der Waals surface area contributed by atoms with Crippen molar-refractivity contribution in [3.63, 3.8) is 0 Å². The number of benzene rings is 3. The SMILES string of the molecule is COc1ccc(-n2c(COc3ccccc3)nnc2SCC(=O)Nc2ccc(Br)cc2C)cc1. The third kappa shape index (κ3) is 5.98. The fourth-order valence-electron chi connectivity index (χ4n) is 3.23. The molecule has 0 radical (unpaired) electrons. The highest BCUT2D eigenvalue weighted by Crippen LogP contribution is 2.26. The van der Waals surface area contributed by atoms with Gasteiger partial charge in [-0.15, -0.1) is 10.2 Å². The maximum Gasteiger partial charge on any atom is 0.234 e. The highest BCUT2D eigenvalue weighted by Gasteiger charge is 2.17. The molecule has 0 bridgehead atoms. The summed E-state index contributed by atoms with van der Waals surface area (Å²) in [5, 5.41) is 12.2. The Morgan fingerprint density at radius 1 is 1.03 bits per heavy atom. The number of hydrogen-bond donors (Lipinski definition) is 1. The van der Waals surface area contributed by atoms with Gasteiger partial charge in [0, 0.05) is 15.8 Å². The average molecular weight is 539 g/mol. The number of para-hydroxylation sites is 1. The lowest BCUT2D eigenvalue weighted by molar-refractivity contribution is -0.113. The molecule has 0 aliphatic rings. The van der Waals surface area contributed by atoms with Crippen molar-refractivity contribution in [2.45, 2.75) is 18.7 Å². The molecule has 0 unspecified atom stereocenters. The van der Waals surface area contributed by atoms with Crippen molar-refractivity contribution in [1.82, 2.24) is 14.8 Å². The number of nitrogens with zero attached hydrogens (tertiary/aromatic N) is 3. The normalized spacial score (nSPS) is 10.7. The largest absolute Gasteiger partial charge is 0.497 e. The van der Waals surface area contributed by atoms with Crippen LogP contribution in [0.4, 0.5) is 5.69 Å². The topological polar surface area (TPSA) is 78.3 Å². The molecule has 1 amide bonds. The molecular formula is C25H23BrN4O3S. The van der Waals surface area contributed by atoms with Gasteiger partial charge in [-0.25, -0.2) is 0 Å². The minimum Gasteiger partial charge on any atom is -0.497 e. The Kier molecular flexibility index (Phi) is 7.87. The number of aryl methyl sites for hydroxylation is 1. The van der Waals surface area contributed by atoms with Crippen LogP contribution in [0.5, 0.6) is 11.5 Å². The quantitative estimate of drug-likeness (QED) is 0.277. The van der Waals surface area contributed by atoms with Crippen molar-refractivity contribution < 1.29 is 14.3 Å². The first kappa shape index (κ1) is 23.8. The van der Waals surface area contributed by atoms with Crippen LogP contribution in [-0.2, 0) is 11.4 Å². The number of methoxy groups -OCH3 is 1. The van der Waals surface area contributed by atoms with Crippen LogP contribution in [-0.4, -0.2) is 33.5 Å². The molecule has 34 heavy (non-hydrogen) atoms. The van der Waals surface area contributed by atoms with Gasteiger partial charge >= 0.3 is 0 Å². The van der Waals surface area contributed by atoms with Crippen LogP contribution in [0.2, 0.25) is 0 Å². The molecule has 0 aliphatic heterocycles. The summed E-state index contributed by atoms with van der Waals surface area (Å²) < 4.78 is 14.0. The maximum absolute atomic E-state index is 12.6. The molecule has 0 saturated heterocycles. The van der Waals surface area contributed by atoms with Crippen molar-refractivity contribution >= 4 is 39.3 Å². The molecule has 1 N–H and O–H groups in total. The number of anilines is 1. The van der Waals surface area contributed by atoms with Gasteiger partial charge in [0.1, 0.15) is 18.1 Å². The molecule has 0 aliphatic carbocycles. The van der Waals surface area contributed by atoms with E-state index in [0.717, 1.165) is 32.9 Å². The predicted molar refractivity (Wildman–Crippen MR) is 137 cm³/mol. The summed E-state index contributed by atoms with van der Waals surface area (Å²) in [5.74, 6) is 2.17. The molecule has 174 valence electrons. The molecule has 4 rings (SSSR count). The summed E-state index contributed by atoms with van der Waals surface area (Å²) in [6.45, 7) is 2.18. The zero-order chi connectivity index (χ0) is 23.9. The lowest BCUT2D eigenvalue weighted by atomic mass is 10.2. The van der Waals surface area contributed by atoms with Gasteiger partial charge in [-0.2, -0.15) is 0 Å². The summed E-state index contributed by atoms with van der Waals surface area (Å²) >= 11 is 4.75. The van der Waals surface area contributed by atoms with E-state index in [1.165, 1.54) is 11.8 Å². The van der Waals surface area contributed by atoms with Crippen LogP contribution in [0.15, 0.2) is 82.4 Å². The summed E-state index contributed by atoms with van der Waals surface area (Å²) in [6, 6.07) is 22.8. The van der Waals surface area contributed by atoms with E-state index in [1.807, 2.05) is 84.3 Å². The fourth-order valence-corrected chi connectivity index (χ4v) is 4.47. The Labute approximate surface area is 210 Å². The number of rotatable bonds is 9. The van der Waals surface area contributed by atoms with Gasteiger partial charge in [-0.3, -0.25) is 9.36 Å². The molecule has 0 atom stereocenters. The second-order valence-electron chi connectivity index (χ2n) is 7.33. The van der Waals surface area contributed by atoms with E-state index in [1.54, 1.807) is 7.11 Å². The standard InChI is InChI=1S/C25H23BrN4O3S/c1-17-14-18(26)8-13-22(17)27-24(31)16-34-25-29-28-23(15-33-21-6-4-3-5-7-21)30(25)19-9-11-20(32-2)12-10-19/h3-14H,15-16H2,1-2H3,(H,27,31). The average Bonchev–Trinajstić information content (AvgIpc) is 3.26. The minimum absolute atomic E-state index is 0.123. The van der Waals surface area contributed by atoms with Crippen molar-refractivity contribution in [3.05, 3.63) is 88.7 Å². The highest BCUT2D eigenvalue weighted by molar-refractivity contribution is 9.10. The third-order valence-electron chi connectivity index (χ3n) is 4.94. The molecule has 1 heterocycles. The van der Waals surface area contributed by atoms with Gasteiger partial charge in [0.05, 0.1) is 12.9 Å². The van der Waals surface area contributed by atoms with Gasteiger partial charge < -0.3 is 14.8 Å². The Bertz CT molecular complexity index is 1260. The summed E-state index contributed by atoms with van der Waals surface area (Å²) in [5.41, 5.74) is 2.61. The molecule has 0 spiro atoms. The second kappa shape index (κ2) is 11.2. The van der Waals surface area contributed by atoms with E-state index >= 15 is 0 Å². The molecule has 0 saturated carbocycles. The van der Waals surface area contributed by atoms with Crippen molar-refractivity contribution in [2.24, 2.45) is 0 Å². The van der Waals surface area contributed by atoms with Gasteiger partial charge in [0.15, 0.2) is 11.0 Å². The molecule has 3 aromatic carbocycles. The predicted octanol–water partition coefficient (Wildman–Crippen LogP) is 5.66. The highest BCUT2D eigenvalue weighted by atomic mass is 79.9. The van der Waals surface area contributed by atoms with Crippen LogP contribution < -0.4 is 14.8 Å². The number of carbonyl (C=O) groups excluding carboxylic acids is 1. The van der Waals surface area contributed by atoms with Crippen LogP contribution >= 0.6 is 27.7 Å². The lowest BCUT2D eigenvalue weighted by Crippen LogP contribution is -2.15. The minimum atomic E-state index is -0.123. The van der Waals surface area contributed by atoms with Crippen molar-refractivity contribution in [1.29, 1.82) is 0 Å². The fraction of sp³-hybridized carbons (Fsp3) is 0.160. The number of aromatic nitrogens is 3. The summed E-state index contributed by atoms with van der Waals surface area (Å²) in [4.78, 5) is 12.6. The van der Waals surface area contributed by atoms with E-state index in [9.17, 15) is 4.79 Å². The lowest BCUT2D eigenvalue weighted by Gasteiger charge is -2.12. The summed E-state index contributed by atoms with van der Waals surface area (Å²) in [6.07, 6.45) is 0. The van der Waals surface area contributed by atoms with Gasteiger partial charge in [-0.1, -0.05) is 45.9 Å². The van der Waals surface area contributed by atoms with Crippen LogP contribution in [0.25, 0.3) is 5.69 Å². The number of nitrogens with one attached hydrogen (secondary N) is 1. The van der Waals surface area contributed by atoms with Crippen LogP contribution in [0, 0.1) is 6.92 Å². The first-order valence-electron chi connectivity index (χ1n) is 10.5. The van der Waals surface area contributed by atoms with Gasteiger partial charge in [-0.05, 0) is 67.1 Å². The Balaban J connectivity index is 1.52. The van der Waals surface area contributed by atoms with E-state index in [0.29, 0.717) is 11.0 Å². The van der Waals surface area contributed by atoms with E-state index in [4.69, 9.17) is 9.47 Å². The molecule has 0 fully saturated rings. The second-order valence-corrected chi connectivity index (χ2v) is 9.19. The van der Waals surface area contributed by atoms with E-state index in [-0.39, 0.29) is 18.3 Å². The number of hydrogen-bond acceptors (Lipinski definition) is 6. The molecule has 4 aromatic rings. The zero-order valence-corrected chi connectivity index (χ0v) is 21.1. The van der Waals surface area contributed by atoms with Crippen molar-refractivity contribution in [2.75, 3.05) is 18.2 Å². The van der Waals surface area contributed by atoms with Gasteiger partial charge in [0.25, 0.3) is 0 Å². The first-order chi connectivity index (χ1) is 16.5. The first-order valence-corrected chi connectivity index (χ1v) is 12.3. The smallest absolute Gasteiger partial charge is 0.234 e. The van der Waals surface area contributed by atoms with Gasteiger partial charge in [0.2, 0.25) is 5.91 Å². The number of halogens is 1. The van der Waals surface area contributed by atoms with Crippen molar-refractivity contribution in [3.8, 4) is 17.2 Å². The zero-order valence-electron chi connectivity index (χ0n) is 18.7. The van der Waals surface area contributed by atoms with Crippen LogP contribution in [0.3, 0.4) is 0 Å². The van der Waals surface area contributed by atoms with Crippen LogP contribution in [0.1, 0.15) is 11.4 Å². The number of carbonyl (C=O) groups is 1. The number of thioether (sulfide) groups is 1. The third-order valence-corrected chi connectivity index (χ3v) is 6.36.